The zero-order valence-electron chi connectivity index (χ0n) is 12.7. The first-order valence-corrected chi connectivity index (χ1v) is 7.98. The zero-order valence-corrected chi connectivity index (χ0v) is 12.7. The van der Waals surface area contributed by atoms with Gasteiger partial charge in [-0.05, 0) is 25.0 Å². The number of halogens is 1. The molecule has 23 heavy (non-hydrogen) atoms. The standard InChI is InChI=1S/C19H16FN3/c20-16-5-1-4-14-13(16)3-2-6-18(14)23-10-17-15(9-21-12-22-17)19(11-23)7-8-19/h1-6,9,12H,7-8,10-11H2. The molecule has 5 rings (SSSR count). The average molecular weight is 305 g/mol. The molecule has 1 aliphatic carbocycles. The van der Waals surface area contributed by atoms with Crippen molar-refractivity contribution in [2.75, 3.05) is 11.4 Å². The molecule has 0 bridgehead atoms. The van der Waals surface area contributed by atoms with E-state index in [1.54, 1.807) is 12.4 Å². The van der Waals surface area contributed by atoms with Crippen LogP contribution in [0.15, 0.2) is 48.9 Å². The van der Waals surface area contributed by atoms with Crippen molar-refractivity contribution in [1.82, 2.24) is 9.97 Å². The molecule has 1 aromatic heterocycles. The molecule has 114 valence electrons. The third-order valence-electron chi connectivity index (χ3n) is 5.24. The van der Waals surface area contributed by atoms with Gasteiger partial charge < -0.3 is 4.90 Å². The number of anilines is 1. The van der Waals surface area contributed by atoms with Crippen LogP contribution >= 0.6 is 0 Å². The summed E-state index contributed by atoms with van der Waals surface area (Å²) in [5.74, 6) is -0.162. The maximum atomic E-state index is 14.1. The Morgan fingerprint density at radius 2 is 1.87 bits per heavy atom. The average Bonchev–Trinajstić information content (AvgIpc) is 3.35. The van der Waals surface area contributed by atoms with E-state index in [1.165, 1.54) is 24.5 Å². The summed E-state index contributed by atoms with van der Waals surface area (Å²) in [6.07, 6.45) is 5.97. The second-order valence-electron chi connectivity index (χ2n) is 6.63. The van der Waals surface area contributed by atoms with E-state index in [9.17, 15) is 4.39 Å². The monoisotopic (exact) mass is 305 g/mol. The minimum absolute atomic E-state index is 0.162. The van der Waals surface area contributed by atoms with Gasteiger partial charge in [0.15, 0.2) is 0 Å². The number of hydrogen-bond donors (Lipinski definition) is 0. The predicted octanol–water partition coefficient (Wildman–Crippen LogP) is 3.82. The lowest BCUT2D eigenvalue weighted by Crippen LogP contribution is -2.38. The molecule has 0 unspecified atom stereocenters. The van der Waals surface area contributed by atoms with Crippen LogP contribution in [-0.2, 0) is 12.0 Å². The van der Waals surface area contributed by atoms with Crippen molar-refractivity contribution < 1.29 is 4.39 Å². The van der Waals surface area contributed by atoms with Crippen molar-refractivity contribution in [2.45, 2.75) is 24.8 Å². The van der Waals surface area contributed by atoms with Gasteiger partial charge in [0.2, 0.25) is 0 Å². The Morgan fingerprint density at radius 3 is 2.74 bits per heavy atom. The molecule has 0 amide bonds. The highest BCUT2D eigenvalue weighted by molar-refractivity contribution is 5.94. The van der Waals surface area contributed by atoms with Gasteiger partial charge in [-0.15, -0.1) is 0 Å². The van der Waals surface area contributed by atoms with Gasteiger partial charge in [0.25, 0.3) is 0 Å². The highest BCUT2D eigenvalue weighted by Crippen LogP contribution is 2.52. The lowest BCUT2D eigenvalue weighted by molar-refractivity contribution is 0.578. The Morgan fingerprint density at radius 1 is 1.04 bits per heavy atom. The van der Waals surface area contributed by atoms with Crippen molar-refractivity contribution in [3.05, 3.63) is 66.0 Å². The van der Waals surface area contributed by atoms with E-state index in [0.29, 0.717) is 5.39 Å². The van der Waals surface area contributed by atoms with Gasteiger partial charge in [0.1, 0.15) is 12.1 Å². The van der Waals surface area contributed by atoms with Gasteiger partial charge in [-0.1, -0.05) is 24.3 Å². The summed E-state index contributed by atoms with van der Waals surface area (Å²) >= 11 is 0. The van der Waals surface area contributed by atoms with Crippen molar-refractivity contribution in [1.29, 1.82) is 0 Å². The highest BCUT2D eigenvalue weighted by atomic mass is 19.1. The highest BCUT2D eigenvalue weighted by Gasteiger charge is 2.50. The molecule has 0 radical (unpaired) electrons. The van der Waals surface area contributed by atoms with Crippen molar-refractivity contribution >= 4 is 16.5 Å². The van der Waals surface area contributed by atoms with E-state index >= 15 is 0 Å². The fourth-order valence-corrected chi connectivity index (χ4v) is 3.89. The number of aromatic nitrogens is 2. The van der Waals surface area contributed by atoms with E-state index in [0.717, 1.165) is 29.9 Å². The molecular weight excluding hydrogens is 289 g/mol. The first-order valence-electron chi connectivity index (χ1n) is 7.98. The topological polar surface area (TPSA) is 29.0 Å². The van der Waals surface area contributed by atoms with Gasteiger partial charge in [0.05, 0.1) is 12.2 Å². The van der Waals surface area contributed by atoms with Gasteiger partial charge in [-0.25, -0.2) is 14.4 Å². The molecule has 2 aliphatic rings. The van der Waals surface area contributed by atoms with E-state index in [2.05, 4.69) is 20.9 Å². The molecule has 2 heterocycles. The number of fused-ring (bicyclic) bond motifs is 3. The lowest BCUT2D eigenvalue weighted by atomic mass is 9.90. The van der Waals surface area contributed by atoms with Crippen LogP contribution in [-0.4, -0.2) is 16.5 Å². The quantitative estimate of drug-likeness (QED) is 0.684. The van der Waals surface area contributed by atoms with E-state index in [4.69, 9.17) is 0 Å². The van der Waals surface area contributed by atoms with Gasteiger partial charge in [-0.2, -0.15) is 0 Å². The molecule has 1 spiro atoms. The summed E-state index contributed by atoms with van der Waals surface area (Å²) in [7, 11) is 0. The molecule has 3 aromatic rings. The normalized spacial score (nSPS) is 18.2. The Labute approximate surface area is 133 Å². The molecule has 3 nitrogen and oxygen atoms in total. The summed E-state index contributed by atoms with van der Waals surface area (Å²) in [5.41, 5.74) is 3.71. The first-order chi connectivity index (χ1) is 11.3. The van der Waals surface area contributed by atoms with Crippen LogP contribution < -0.4 is 4.90 Å². The van der Waals surface area contributed by atoms with Gasteiger partial charge >= 0.3 is 0 Å². The van der Waals surface area contributed by atoms with E-state index < -0.39 is 0 Å². The van der Waals surface area contributed by atoms with E-state index in [1.807, 2.05) is 24.4 Å². The molecule has 1 fully saturated rings. The molecule has 1 aliphatic heterocycles. The van der Waals surface area contributed by atoms with Crippen LogP contribution in [0.3, 0.4) is 0 Å². The number of benzene rings is 2. The summed E-state index contributed by atoms with van der Waals surface area (Å²) < 4.78 is 14.1. The molecule has 0 atom stereocenters. The third kappa shape index (κ3) is 1.87. The van der Waals surface area contributed by atoms with Crippen molar-refractivity contribution in [3.8, 4) is 0 Å². The minimum Gasteiger partial charge on any atom is -0.364 e. The zero-order chi connectivity index (χ0) is 15.4. The Hall–Kier alpha value is -2.49. The predicted molar refractivity (Wildman–Crippen MR) is 87.9 cm³/mol. The molecule has 4 heteroatoms. The van der Waals surface area contributed by atoms with Crippen LogP contribution in [0, 0.1) is 5.82 Å². The molecular formula is C19H16FN3. The van der Waals surface area contributed by atoms with Crippen LogP contribution in [0.4, 0.5) is 10.1 Å². The van der Waals surface area contributed by atoms with Crippen LogP contribution in [0.5, 0.6) is 0 Å². The van der Waals surface area contributed by atoms with Crippen LogP contribution in [0.25, 0.3) is 10.8 Å². The minimum atomic E-state index is -0.162. The molecule has 0 N–H and O–H groups in total. The summed E-state index contributed by atoms with van der Waals surface area (Å²) in [6, 6.07) is 11.2. The third-order valence-corrected chi connectivity index (χ3v) is 5.24. The van der Waals surface area contributed by atoms with E-state index in [-0.39, 0.29) is 11.2 Å². The lowest BCUT2D eigenvalue weighted by Gasteiger charge is -2.36. The van der Waals surface area contributed by atoms with Crippen LogP contribution in [0.2, 0.25) is 0 Å². The maximum Gasteiger partial charge on any atom is 0.131 e. The number of nitrogens with zero attached hydrogens (tertiary/aromatic N) is 3. The fraction of sp³-hybridized carbons (Fsp3) is 0.263. The number of rotatable bonds is 1. The second-order valence-corrected chi connectivity index (χ2v) is 6.63. The fourth-order valence-electron chi connectivity index (χ4n) is 3.89. The molecule has 2 aromatic carbocycles. The molecule has 0 saturated heterocycles. The van der Waals surface area contributed by atoms with Crippen LogP contribution in [0.1, 0.15) is 24.1 Å². The first kappa shape index (κ1) is 13.0. The smallest absolute Gasteiger partial charge is 0.131 e. The summed E-state index contributed by atoms with van der Waals surface area (Å²) in [5, 5.41) is 1.66. The van der Waals surface area contributed by atoms with Gasteiger partial charge in [0, 0.05) is 40.2 Å². The van der Waals surface area contributed by atoms with Crippen molar-refractivity contribution in [3.63, 3.8) is 0 Å². The maximum absolute atomic E-state index is 14.1. The number of hydrogen-bond acceptors (Lipinski definition) is 3. The summed E-state index contributed by atoms with van der Waals surface area (Å²) in [6.45, 7) is 1.72. The second kappa shape index (κ2) is 4.51. The van der Waals surface area contributed by atoms with Crippen molar-refractivity contribution in [2.24, 2.45) is 0 Å². The summed E-state index contributed by atoms with van der Waals surface area (Å²) in [4.78, 5) is 11.1. The molecule has 1 saturated carbocycles. The Kier molecular flexibility index (Phi) is 2.55. The Balaban J connectivity index is 1.66. The Bertz CT molecular complexity index is 917. The SMILES string of the molecule is Fc1cccc2c(N3Cc4ncncc4C4(CC4)C3)cccc12. The largest absolute Gasteiger partial charge is 0.364 e. The van der Waals surface area contributed by atoms with Gasteiger partial charge in [-0.3, -0.25) is 0 Å².